The van der Waals surface area contributed by atoms with Gasteiger partial charge in [0.05, 0.1) is 11.4 Å². The Morgan fingerprint density at radius 2 is 1.67 bits per heavy atom. The van der Waals surface area contributed by atoms with Gasteiger partial charge in [0.1, 0.15) is 0 Å². The fourth-order valence-corrected chi connectivity index (χ4v) is 4.16. The van der Waals surface area contributed by atoms with Crippen molar-refractivity contribution < 1.29 is 13.2 Å². The molecular formula is C19H22Cl2N2O3S. The van der Waals surface area contributed by atoms with Crippen molar-refractivity contribution >= 4 is 39.1 Å². The van der Waals surface area contributed by atoms with Gasteiger partial charge in [0.2, 0.25) is 15.9 Å². The maximum absolute atomic E-state index is 13.1. The number of hydrogen-bond donors (Lipinski definition) is 1. The molecule has 0 aromatic heterocycles. The van der Waals surface area contributed by atoms with Crippen LogP contribution in [0.5, 0.6) is 0 Å². The van der Waals surface area contributed by atoms with Crippen LogP contribution < -0.4 is 5.32 Å². The number of rotatable bonds is 6. The fraction of sp³-hybridized carbons (Fsp3) is 0.316. The van der Waals surface area contributed by atoms with Crippen LogP contribution in [0.15, 0.2) is 53.4 Å². The standard InChI is InChI=1S/C19H22Cl2N2O3S/c1-19(2,3)22-18(24)13-23(12-14-5-4-6-16(21)11-14)27(25,26)17-9-7-15(20)8-10-17/h4-11H,12-13H2,1-3H3,(H,22,24). The topological polar surface area (TPSA) is 66.5 Å². The van der Waals surface area contributed by atoms with Crippen molar-refractivity contribution in [3.8, 4) is 0 Å². The minimum Gasteiger partial charge on any atom is -0.350 e. The van der Waals surface area contributed by atoms with E-state index in [0.717, 1.165) is 4.31 Å². The first-order valence-electron chi connectivity index (χ1n) is 8.28. The molecule has 0 unspecified atom stereocenters. The summed E-state index contributed by atoms with van der Waals surface area (Å²) in [6.07, 6.45) is 0. The van der Waals surface area contributed by atoms with Crippen molar-refractivity contribution in [3.05, 3.63) is 64.1 Å². The lowest BCUT2D eigenvalue weighted by Crippen LogP contribution is -2.47. The van der Waals surface area contributed by atoms with Crippen LogP contribution in [0.25, 0.3) is 0 Å². The third kappa shape index (κ3) is 6.50. The molecule has 27 heavy (non-hydrogen) atoms. The van der Waals surface area contributed by atoms with Gasteiger partial charge in [0.15, 0.2) is 0 Å². The normalized spacial score (nSPS) is 12.2. The van der Waals surface area contributed by atoms with Gasteiger partial charge in [-0.2, -0.15) is 4.31 Å². The highest BCUT2D eigenvalue weighted by Gasteiger charge is 2.28. The highest BCUT2D eigenvalue weighted by molar-refractivity contribution is 7.89. The van der Waals surface area contributed by atoms with E-state index in [2.05, 4.69) is 5.32 Å². The first kappa shape index (κ1) is 21.7. The minimum absolute atomic E-state index is 0.0169. The molecule has 0 aliphatic heterocycles. The summed E-state index contributed by atoms with van der Waals surface area (Å²) in [5.74, 6) is -0.387. The number of benzene rings is 2. The summed E-state index contributed by atoms with van der Waals surface area (Å²) in [6, 6.07) is 12.7. The largest absolute Gasteiger partial charge is 0.350 e. The van der Waals surface area contributed by atoms with Gasteiger partial charge < -0.3 is 5.32 Å². The molecule has 0 saturated carbocycles. The van der Waals surface area contributed by atoms with Gasteiger partial charge in [-0.25, -0.2) is 8.42 Å². The molecule has 0 spiro atoms. The van der Waals surface area contributed by atoms with E-state index in [1.807, 2.05) is 20.8 Å². The van der Waals surface area contributed by atoms with Crippen LogP contribution >= 0.6 is 23.2 Å². The molecule has 2 rings (SSSR count). The zero-order chi connectivity index (χ0) is 20.2. The van der Waals surface area contributed by atoms with Crippen molar-refractivity contribution in [3.63, 3.8) is 0 Å². The number of carbonyl (C=O) groups excluding carboxylic acids is 1. The number of halogens is 2. The maximum atomic E-state index is 13.1. The van der Waals surface area contributed by atoms with E-state index in [1.54, 1.807) is 24.3 Å². The Morgan fingerprint density at radius 1 is 1.04 bits per heavy atom. The molecule has 0 atom stereocenters. The zero-order valence-electron chi connectivity index (χ0n) is 15.4. The molecule has 146 valence electrons. The summed E-state index contributed by atoms with van der Waals surface area (Å²) in [5.41, 5.74) is 0.214. The van der Waals surface area contributed by atoms with Crippen LogP contribution in [0.4, 0.5) is 0 Å². The third-order valence-electron chi connectivity index (χ3n) is 3.53. The highest BCUT2D eigenvalue weighted by Crippen LogP contribution is 2.21. The molecule has 0 fully saturated rings. The molecule has 0 aliphatic rings. The van der Waals surface area contributed by atoms with Crippen molar-refractivity contribution in [2.45, 2.75) is 37.8 Å². The van der Waals surface area contributed by atoms with Gasteiger partial charge >= 0.3 is 0 Å². The summed E-state index contributed by atoms with van der Waals surface area (Å²) in [5, 5.41) is 3.71. The summed E-state index contributed by atoms with van der Waals surface area (Å²) in [6.45, 7) is 5.21. The second kappa shape index (κ2) is 8.61. The first-order valence-corrected chi connectivity index (χ1v) is 10.5. The lowest BCUT2D eigenvalue weighted by atomic mass is 10.1. The molecule has 2 aromatic rings. The van der Waals surface area contributed by atoms with Crippen LogP contribution in [-0.4, -0.2) is 30.7 Å². The Labute approximate surface area is 170 Å². The summed E-state index contributed by atoms with van der Waals surface area (Å²) >= 11 is 11.9. The average molecular weight is 429 g/mol. The van der Waals surface area contributed by atoms with Crippen molar-refractivity contribution in [2.24, 2.45) is 0 Å². The molecule has 5 nitrogen and oxygen atoms in total. The molecular weight excluding hydrogens is 407 g/mol. The number of sulfonamides is 1. The molecule has 0 saturated heterocycles. The summed E-state index contributed by atoms with van der Waals surface area (Å²) < 4.78 is 27.3. The molecule has 0 heterocycles. The second-order valence-electron chi connectivity index (χ2n) is 7.16. The van der Waals surface area contributed by atoms with Gasteiger partial charge in [-0.1, -0.05) is 35.3 Å². The number of amides is 1. The molecule has 0 bridgehead atoms. The van der Waals surface area contributed by atoms with Crippen LogP contribution in [0.2, 0.25) is 10.0 Å². The van der Waals surface area contributed by atoms with Gasteiger partial charge in [-0.15, -0.1) is 0 Å². The van der Waals surface area contributed by atoms with E-state index < -0.39 is 15.6 Å². The van der Waals surface area contributed by atoms with E-state index in [4.69, 9.17) is 23.2 Å². The van der Waals surface area contributed by atoms with Gasteiger partial charge in [-0.3, -0.25) is 4.79 Å². The monoisotopic (exact) mass is 428 g/mol. The number of nitrogens with zero attached hydrogens (tertiary/aromatic N) is 1. The number of nitrogens with one attached hydrogen (secondary N) is 1. The number of carbonyl (C=O) groups is 1. The van der Waals surface area contributed by atoms with E-state index in [-0.39, 0.29) is 23.9 Å². The molecule has 2 aromatic carbocycles. The lowest BCUT2D eigenvalue weighted by molar-refractivity contribution is -0.122. The van der Waals surface area contributed by atoms with E-state index in [9.17, 15) is 13.2 Å². The van der Waals surface area contributed by atoms with Gasteiger partial charge in [0.25, 0.3) is 0 Å². The van der Waals surface area contributed by atoms with E-state index in [0.29, 0.717) is 15.6 Å². The highest BCUT2D eigenvalue weighted by atomic mass is 35.5. The van der Waals surface area contributed by atoms with Crippen LogP contribution in [0, 0.1) is 0 Å². The minimum atomic E-state index is -3.91. The van der Waals surface area contributed by atoms with Crippen LogP contribution in [0.1, 0.15) is 26.3 Å². The second-order valence-corrected chi connectivity index (χ2v) is 9.97. The van der Waals surface area contributed by atoms with Crippen LogP contribution in [-0.2, 0) is 21.4 Å². The van der Waals surface area contributed by atoms with E-state index in [1.165, 1.54) is 24.3 Å². The SMILES string of the molecule is CC(C)(C)NC(=O)CN(Cc1cccc(Cl)c1)S(=O)(=O)c1ccc(Cl)cc1. The molecule has 1 N–H and O–H groups in total. The Balaban J connectivity index is 2.35. The Hall–Kier alpha value is -1.60. The average Bonchev–Trinajstić information content (AvgIpc) is 2.53. The van der Waals surface area contributed by atoms with E-state index >= 15 is 0 Å². The third-order valence-corrected chi connectivity index (χ3v) is 5.83. The number of hydrogen-bond acceptors (Lipinski definition) is 3. The summed E-state index contributed by atoms with van der Waals surface area (Å²) in [4.78, 5) is 12.5. The Kier molecular flexibility index (Phi) is 6.92. The Bertz CT molecular complexity index is 907. The summed E-state index contributed by atoms with van der Waals surface area (Å²) in [7, 11) is -3.91. The molecule has 0 aliphatic carbocycles. The fourth-order valence-electron chi connectivity index (χ4n) is 2.44. The van der Waals surface area contributed by atoms with Gasteiger partial charge in [-0.05, 0) is 62.7 Å². The molecule has 0 radical (unpaired) electrons. The molecule has 1 amide bonds. The molecule has 8 heteroatoms. The van der Waals surface area contributed by atoms with Crippen LogP contribution in [0.3, 0.4) is 0 Å². The predicted octanol–water partition coefficient (Wildman–Crippen LogP) is 4.10. The zero-order valence-corrected chi connectivity index (χ0v) is 17.7. The Morgan fingerprint density at radius 3 is 2.22 bits per heavy atom. The van der Waals surface area contributed by atoms with Gasteiger partial charge in [0, 0.05) is 22.1 Å². The predicted molar refractivity (Wildman–Crippen MR) is 108 cm³/mol. The maximum Gasteiger partial charge on any atom is 0.243 e. The van der Waals surface area contributed by atoms with Crippen molar-refractivity contribution in [2.75, 3.05) is 6.54 Å². The first-order chi connectivity index (χ1) is 12.5. The lowest BCUT2D eigenvalue weighted by Gasteiger charge is -2.25. The quantitative estimate of drug-likeness (QED) is 0.752. The van der Waals surface area contributed by atoms with Crippen molar-refractivity contribution in [1.82, 2.24) is 9.62 Å². The smallest absolute Gasteiger partial charge is 0.243 e. The van der Waals surface area contributed by atoms with Crippen molar-refractivity contribution in [1.29, 1.82) is 0 Å².